The van der Waals surface area contributed by atoms with E-state index in [1.54, 1.807) is 6.92 Å². The summed E-state index contributed by atoms with van der Waals surface area (Å²) in [5.74, 6) is -0.0739. The molecule has 0 saturated heterocycles. The third-order valence-electron chi connectivity index (χ3n) is 2.49. The maximum Gasteiger partial charge on any atom is 0.223 e. The van der Waals surface area contributed by atoms with Crippen molar-refractivity contribution in [3.05, 3.63) is 30.3 Å². The molecule has 1 aromatic rings. The van der Waals surface area contributed by atoms with Crippen molar-refractivity contribution in [1.29, 1.82) is 0 Å². The van der Waals surface area contributed by atoms with Crippen LogP contribution in [-0.2, 0) is 14.8 Å². The number of amides is 1. The lowest BCUT2D eigenvalue weighted by Crippen LogP contribution is -2.38. The van der Waals surface area contributed by atoms with Crippen LogP contribution in [0.5, 0.6) is 0 Å². The highest BCUT2D eigenvalue weighted by atomic mass is 32.2. The SMILES string of the molecule is CCS(=O)(=O)NCCN(C(C)=O)c1ccccc1. The molecular formula is C12H18N2O3S. The molecule has 0 aliphatic carbocycles. The number of carbonyl (C=O) groups is 1. The summed E-state index contributed by atoms with van der Waals surface area (Å²) in [6, 6.07) is 9.16. The molecule has 1 aromatic carbocycles. The van der Waals surface area contributed by atoms with Crippen molar-refractivity contribution in [2.45, 2.75) is 13.8 Å². The van der Waals surface area contributed by atoms with Crippen LogP contribution in [0.2, 0.25) is 0 Å². The van der Waals surface area contributed by atoms with Crippen molar-refractivity contribution >= 4 is 21.6 Å². The minimum absolute atomic E-state index is 0.0401. The normalized spacial score (nSPS) is 11.2. The summed E-state index contributed by atoms with van der Waals surface area (Å²) in [6.07, 6.45) is 0. The third kappa shape index (κ3) is 4.46. The van der Waals surface area contributed by atoms with Crippen molar-refractivity contribution in [1.82, 2.24) is 4.72 Å². The molecule has 0 radical (unpaired) electrons. The zero-order valence-corrected chi connectivity index (χ0v) is 11.4. The summed E-state index contributed by atoms with van der Waals surface area (Å²) in [6.45, 7) is 3.56. The fourth-order valence-corrected chi connectivity index (χ4v) is 2.10. The van der Waals surface area contributed by atoms with Gasteiger partial charge in [-0.2, -0.15) is 0 Å². The molecule has 1 N–H and O–H groups in total. The molecule has 0 saturated carbocycles. The van der Waals surface area contributed by atoms with E-state index in [1.165, 1.54) is 11.8 Å². The largest absolute Gasteiger partial charge is 0.311 e. The molecule has 0 aliphatic rings. The van der Waals surface area contributed by atoms with E-state index >= 15 is 0 Å². The molecule has 1 amide bonds. The monoisotopic (exact) mass is 270 g/mol. The number of anilines is 1. The molecule has 0 bridgehead atoms. The number of nitrogens with one attached hydrogen (secondary N) is 1. The summed E-state index contributed by atoms with van der Waals surface area (Å²) in [5.41, 5.74) is 0.765. The minimum atomic E-state index is -3.21. The summed E-state index contributed by atoms with van der Waals surface area (Å²) in [5, 5.41) is 0. The van der Waals surface area contributed by atoms with Crippen molar-refractivity contribution in [3.8, 4) is 0 Å². The Morgan fingerprint density at radius 1 is 1.28 bits per heavy atom. The predicted octanol–water partition coefficient (Wildman–Crippen LogP) is 0.979. The predicted molar refractivity (Wildman–Crippen MR) is 71.9 cm³/mol. The number of para-hydroxylation sites is 1. The Bertz CT molecular complexity index is 485. The first-order valence-electron chi connectivity index (χ1n) is 5.77. The van der Waals surface area contributed by atoms with Crippen LogP contribution >= 0.6 is 0 Å². The quantitative estimate of drug-likeness (QED) is 0.838. The van der Waals surface area contributed by atoms with Gasteiger partial charge >= 0.3 is 0 Å². The Morgan fingerprint density at radius 2 is 1.89 bits per heavy atom. The van der Waals surface area contributed by atoms with Gasteiger partial charge in [0.15, 0.2) is 0 Å². The molecule has 5 nitrogen and oxygen atoms in total. The van der Waals surface area contributed by atoms with Crippen LogP contribution in [0.4, 0.5) is 5.69 Å². The van der Waals surface area contributed by atoms with Gasteiger partial charge in [0.2, 0.25) is 15.9 Å². The molecule has 100 valence electrons. The minimum Gasteiger partial charge on any atom is -0.311 e. The Hall–Kier alpha value is -1.40. The van der Waals surface area contributed by atoms with Gasteiger partial charge in [-0.1, -0.05) is 18.2 Å². The van der Waals surface area contributed by atoms with E-state index in [-0.39, 0.29) is 18.2 Å². The van der Waals surface area contributed by atoms with Gasteiger partial charge in [-0.3, -0.25) is 4.79 Å². The highest BCUT2D eigenvalue weighted by Crippen LogP contribution is 2.12. The van der Waals surface area contributed by atoms with Crippen molar-refractivity contribution in [2.75, 3.05) is 23.7 Å². The van der Waals surface area contributed by atoms with Crippen LogP contribution in [0.1, 0.15) is 13.8 Å². The topological polar surface area (TPSA) is 66.5 Å². The second-order valence-electron chi connectivity index (χ2n) is 3.80. The van der Waals surface area contributed by atoms with Gasteiger partial charge in [0.05, 0.1) is 5.75 Å². The highest BCUT2D eigenvalue weighted by molar-refractivity contribution is 7.89. The van der Waals surface area contributed by atoms with Crippen LogP contribution in [0.15, 0.2) is 30.3 Å². The molecule has 6 heteroatoms. The molecule has 0 heterocycles. The van der Waals surface area contributed by atoms with Crippen LogP contribution in [-0.4, -0.2) is 33.2 Å². The van der Waals surface area contributed by atoms with Crippen LogP contribution in [0, 0.1) is 0 Å². The standard InChI is InChI=1S/C12H18N2O3S/c1-3-18(16,17)13-9-10-14(11(2)15)12-7-5-4-6-8-12/h4-8,13H,3,9-10H2,1-2H3. The number of sulfonamides is 1. The average Bonchev–Trinajstić information content (AvgIpc) is 2.35. The van der Waals surface area contributed by atoms with Crippen LogP contribution in [0.3, 0.4) is 0 Å². The van der Waals surface area contributed by atoms with Crippen molar-refractivity contribution in [2.24, 2.45) is 0 Å². The molecule has 0 spiro atoms. The first-order chi connectivity index (χ1) is 8.46. The third-order valence-corrected chi connectivity index (χ3v) is 3.89. The lowest BCUT2D eigenvalue weighted by Gasteiger charge is -2.21. The fourth-order valence-electron chi connectivity index (χ4n) is 1.49. The van der Waals surface area contributed by atoms with Crippen molar-refractivity contribution < 1.29 is 13.2 Å². The molecule has 0 aliphatic heterocycles. The Labute approximate surface area is 108 Å². The Morgan fingerprint density at radius 3 is 2.39 bits per heavy atom. The molecule has 18 heavy (non-hydrogen) atoms. The number of nitrogens with zero attached hydrogens (tertiary/aromatic N) is 1. The summed E-state index contributed by atoms with van der Waals surface area (Å²) >= 11 is 0. The van der Waals surface area contributed by atoms with E-state index in [0.29, 0.717) is 6.54 Å². The number of rotatable bonds is 6. The van der Waals surface area contributed by atoms with Gasteiger partial charge in [-0.25, -0.2) is 13.1 Å². The van der Waals surface area contributed by atoms with E-state index in [4.69, 9.17) is 0 Å². The fraction of sp³-hybridized carbons (Fsp3) is 0.417. The number of carbonyl (C=O) groups excluding carboxylic acids is 1. The van der Waals surface area contributed by atoms with E-state index in [0.717, 1.165) is 5.69 Å². The number of benzene rings is 1. The van der Waals surface area contributed by atoms with Gasteiger partial charge in [0, 0.05) is 25.7 Å². The molecule has 1 rings (SSSR count). The summed E-state index contributed by atoms with van der Waals surface area (Å²) in [7, 11) is -3.21. The van der Waals surface area contributed by atoms with Crippen molar-refractivity contribution in [3.63, 3.8) is 0 Å². The second kappa shape index (κ2) is 6.51. The van der Waals surface area contributed by atoms with E-state index in [9.17, 15) is 13.2 Å². The maximum atomic E-state index is 11.5. The van der Waals surface area contributed by atoms with Crippen LogP contribution in [0.25, 0.3) is 0 Å². The number of hydrogen-bond donors (Lipinski definition) is 1. The first-order valence-corrected chi connectivity index (χ1v) is 7.42. The van der Waals surface area contributed by atoms with Gasteiger partial charge in [-0.15, -0.1) is 0 Å². The Kier molecular flexibility index (Phi) is 5.30. The maximum absolute atomic E-state index is 11.5. The lowest BCUT2D eigenvalue weighted by atomic mass is 10.3. The molecule has 0 unspecified atom stereocenters. The van der Waals surface area contributed by atoms with E-state index in [1.807, 2.05) is 30.3 Å². The van der Waals surface area contributed by atoms with Gasteiger partial charge in [-0.05, 0) is 19.1 Å². The zero-order valence-electron chi connectivity index (χ0n) is 10.6. The highest BCUT2D eigenvalue weighted by Gasteiger charge is 2.12. The number of hydrogen-bond acceptors (Lipinski definition) is 3. The van der Waals surface area contributed by atoms with Gasteiger partial charge in [0.1, 0.15) is 0 Å². The van der Waals surface area contributed by atoms with Crippen LogP contribution < -0.4 is 9.62 Å². The van der Waals surface area contributed by atoms with Gasteiger partial charge in [0.25, 0.3) is 0 Å². The molecular weight excluding hydrogens is 252 g/mol. The molecule has 0 fully saturated rings. The summed E-state index contributed by atoms with van der Waals surface area (Å²) in [4.78, 5) is 13.1. The summed E-state index contributed by atoms with van der Waals surface area (Å²) < 4.78 is 25.0. The Balaban J connectivity index is 2.64. The average molecular weight is 270 g/mol. The van der Waals surface area contributed by atoms with Gasteiger partial charge < -0.3 is 4.90 Å². The lowest BCUT2D eigenvalue weighted by molar-refractivity contribution is -0.116. The second-order valence-corrected chi connectivity index (χ2v) is 5.90. The zero-order chi connectivity index (χ0) is 13.6. The molecule has 0 atom stereocenters. The van der Waals surface area contributed by atoms with E-state index < -0.39 is 10.0 Å². The van der Waals surface area contributed by atoms with E-state index in [2.05, 4.69) is 4.72 Å². The molecule has 0 aromatic heterocycles. The first kappa shape index (κ1) is 14.7. The smallest absolute Gasteiger partial charge is 0.223 e.